The van der Waals surface area contributed by atoms with Crippen LogP contribution in [0.2, 0.25) is 0 Å². The topological polar surface area (TPSA) is 48.1 Å². The molecule has 0 fully saturated rings. The van der Waals surface area contributed by atoms with Gasteiger partial charge >= 0.3 is 0 Å². The van der Waals surface area contributed by atoms with Crippen LogP contribution in [0.5, 0.6) is 5.75 Å². The summed E-state index contributed by atoms with van der Waals surface area (Å²) in [4.78, 5) is 5.52. The molecule has 0 amide bonds. The summed E-state index contributed by atoms with van der Waals surface area (Å²) in [5.41, 5.74) is 9.10. The lowest BCUT2D eigenvalue weighted by Gasteiger charge is -2.10. The molecule has 0 bridgehead atoms. The van der Waals surface area contributed by atoms with Crippen molar-refractivity contribution in [1.29, 1.82) is 0 Å². The molecule has 2 N–H and O–H groups in total. The molecule has 0 unspecified atom stereocenters. The number of ether oxygens (including phenoxy) is 1. The van der Waals surface area contributed by atoms with Gasteiger partial charge in [-0.3, -0.25) is 0 Å². The number of rotatable bonds is 3. The minimum absolute atomic E-state index is 0.470. The van der Waals surface area contributed by atoms with Crippen LogP contribution in [-0.4, -0.2) is 12.1 Å². The second-order valence-electron chi connectivity index (χ2n) is 4.07. The molecule has 0 saturated carbocycles. The average molecular weight is 327 g/mol. The Morgan fingerprint density at radius 3 is 2.61 bits per heavy atom. The fraction of sp³-hybridized carbons (Fsp3) is 0.308. The van der Waals surface area contributed by atoms with E-state index < -0.39 is 0 Å². The molecule has 96 valence electrons. The molecule has 2 aromatic rings. The molecule has 0 aliphatic heterocycles. The van der Waals surface area contributed by atoms with Gasteiger partial charge in [-0.05, 0) is 58.6 Å². The Bertz CT molecular complexity index is 581. The van der Waals surface area contributed by atoms with Crippen molar-refractivity contribution >= 4 is 27.3 Å². The maximum Gasteiger partial charge on any atom is 0.125 e. The summed E-state index contributed by atoms with van der Waals surface area (Å²) in [5, 5.41) is 0.935. The van der Waals surface area contributed by atoms with Gasteiger partial charge in [0.25, 0.3) is 0 Å². The van der Waals surface area contributed by atoms with Crippen LogP contribution in [-0.2, 0) is 6.54 Å². The third kappa shape index (κ3) is 2.43. The fourth-order valence-corrected chi connectivity index (χ4v) is 3.55. The Hall–Kier alpha value is -0.910. The normalized spacial score (nSPS) is 10.7. The lowest BCUT2D eigenvalue weighted by atomic mass is 10.0. The van der Waals surface area contributed by atoms with Gasteiger partial charge in [-0.2, -0.15) is 0 Å². The predicted molar refractivity (Wildman–Crippen MR) is 79.2 cm³/mol. The van der Waals surface area contributed by atoms with Crippen molar-refractivity contribution in [3.63, 3.8) is 0 Å². The zero-order chi connectivity index (χ0) is 13.3. The summed E-state index contributed by atoms with van der Waals surface area (Å²) >= 11 is 5.13. The number of nitrogens with zero attached hydrogens (tertiary/aromatic N) is 1. The predicted octanol–water partition coefficient (Wildman–Crippen LogP) is 3.66. The number of halogens is 1. The first-order valence-electron chi connectivity index (χ1n) is 5.57. The third-order valence-corrected chi connectivity index (χ3v) is 4.74. The highest BCUT2D eigenvalue weighted by atomic mass is 79.9. The van der Waals surface area contributed by atoms with Crippen LogP contribution in [0, 0.1) is 13.8 Å². The van der Waals surface area contributed by atoms with E-state index in [0.717, 1.165) is 25.8 Å². The van der Waals surface area contributed by atoms with Gasteiger partial charge in [-0.1, -0.05) is 0 Å². The van der Waals surface area contributed by atoms with Crippen LogP contribution in [0.1, 0.15) is 16.1 Å². The molecule has 0 spiro atoms. The van der Waals surface area contributed by atoms with Gasteiger partial charge in [0.2, 0.25) is 0 Å². The quantitative estimate of drug-likeness (QED) is 0.936. The lowest BCUT2D eigenvalue weighted by Crippen LogP contribution is -1.93. The highest BCUT2D eigenvalue weighted by molar-refractivity contribution is 9.10. The number of thiazole rings is 1. The Morgan fingerprint density at radius 2 is 2.06 bits per heavy atom. The zero-order valence-corrected chi connectivity index (χ0v) is 13.0. The van der Waals surface area contributed by atoms with E-state index in [0.29, 0.717) is 6.54 Å². The van der Waals surface area contributed by atoms with E-state index >= 15 is 0 Å². The van der Waals surface area contributed by atoms with E-state index in [1.807, 2.05) is 6.92 Å². The van der Waals surface area contributed by atoms with Crippen molar-refractivity contribution in [3.8, 4) is 16.2 Å². The number of hydrogen-bond acceptors (Lipinski definition) is 4. The maximum atomic E-state index is 5.63. The summed E-state index contributed by atoms with van der Waals surface area (Å²) in [6, 6.07) is 4.19. The Labute approximate surface area is 119 Å². The second kappa shape index (κ2) is 5.38. The van der Waals surface area contributed by atoms with Crippen molar-refractivity contribution in [2.24, 2.45) is 5.73 Å². The summed E-state index contributed by atoms with van der Waals surface area (Å²) in [7, 11) is 1.69. The highest BCUT2D eigenvalue weighted by Crippen LogP contribution is 2.38. The van der Waals surface area contributed by atoms with Gasteiger partial charge in [-0.15, -0.1) is 11.3 Å². The smallest absolute Gasteiger partial charge is 0.125 e. The summed E-state index contributed by atoms with van der Waals surface area (Å²) in [6.07, 6.45) is 0. The van der Waals surface area contributed by atoms with Gasteiger partial charge in [-0.25, -0.2) is 4.98 Å². The number of nitrogens with two attached hydrogens (primary N) is 1. The molecule has 0 saturated heterocycles. The Kier molecular flexibility index (Phi) is 4.04. The Balaban J connectivity index is 2.56. The molecule has 18 heavy (non-hydrogen) atoms. The largest absolute Gasteiger partial charge is 0.496 e. The van der Waals surface area contributed by atoms with Crippen molar-refractivity contribution in [1.82, 2.24) is 4.98 Å². The van der Waals surface area contributed by atoms with E-state index in [4.69, 9.17) is 10.5 Å². The molecule has 0 aliphatic carbocycles. The SMILES string of the molecule is COc1cc(C)c(-c2sc(CN)nc2Br)cc1C. The minimum atomic E-state index is 0.470. The second-order valence-corrected chi connectivity index (χ2v) is 5.90. The number of hydrogen-bond donors (Lipinski definition) is 1. The summed E-state index contributed by atoms with van der Waals surface area (Å²) < 4.78 is 6.19. The monoisotopic (exact) mass is 326 g/mol. The molecule has 2 rings (SSSR count). The number of aryl methyl sites for hydroxylation is 2. The third-order valence-electron chi connectivity index (χ3n) is 2.79. The first-order valence-corrected chi connectivity index (χ1v) is 7.18. The Morgan fingerprint density at radius 1 is 1.33 bits per heavy atom. The first kappa shape index (κ1) is 13.5. The maximum absolute atomic E-state index is 5.63. The van der Waals surface area contributed by atoms with Crippen molar-refractivity contribution < 1.29 is 4.74 Å². The molecule has 0 aliphatic rings. The standard InChI is InChI=1S/C13H15BrN2OS/c1-7-5-10(17-3)8(2)4-9(7)12-13(14)16-11(6-15)18-12/h4-5H,6,15H2,1-3H3. The number of aromatic nitrogens is 1. The van der Waals surface area contributed by atoms with E-state index in [2.05, 4.69) is 40.0 Å². The molecule has 1 heterocycles. The lowest BCUT2D eigenvalue weighted by molar-refractivity contribution is 0.411. The molecule has 5 heteroatoms. The van der Waals surface area contributed by atoms with Gasteiger partial charge in [0.05, 0.1) is 12.0 Å². The van der Waals surface area contributed by atoms with Gasteiger partial charge in [0, 0.05) is 6.54 Å². The van der Waals surface area contributed by atoms with Crippen LogP contribution in [0.15, 0.2) is 16.7 Å². The summed E-state index contributed by atoms with van der Waals surface area (Å²) in [6.45, 7) is 4.59. The molecule has 0 atom stereocenters. The average Bonchev–Trinajstić information content (AvgIpc) is 2.73. The van der Waals surface area contributed by atoms with Gasteiger partial charge < -0.3 is 10.5 Å². The van der Waals surface area contributed by atoms with Crippen molar-refractivity contribution in [2.75, 3.05) is 7.11 Å². The molecule has 1 aromatic heterocycles. The number of methoxy groups -OCH3 is 1. The van der Waals surface area contributed by atoms with Crippen LogP contribution in [0.4, 0.5) is 0 Å². The van der Waals surface area contributed by atoms with Crippen LogP contribution < -0.4 is 10.5 Å². The van der Waals surface area contributed by atoms with Gasteiger partial charge in [0.15, 0.2) is 0 Å². The van der Waals surface area contributed by atoms with Crippen molar-refractivity contribution in [3.05, 3.63) is 32.9 Å². The van der Waals surface area contributed by atoms with E-state index in [-0.39, 0.29) is 0 Å². The first-order chi connectivity index (χ1) is 8.56. The minimum Gasteiger partial charge on any atom is -0.496 e. The molecular weight excluding hydrogens is 312 g/mol. The van der Waals surface area contributed by atoms with E-state index in [9.17, 15) is 0 Å². The van der Waals surface area contributed by atoms with Crippen LogP contribution in [0.3, 0.4) is 0 Å². The molecule has 0 radical (unpaired) electrons. The van der Waals surface area contributed by atoms with Crippen LogP contribution >= 0.6 is 27.3 Å². The van der Waals surface area contributed by atoms with Crippen LogP contribution in [0.25, 0.3) is 10.4 Å². The zero-order valence-electron chi connectivity index (χ0n) is 10.6. The van der Waals surface area contributed by atoms with Gasteiger partial charge in [0.1, 0.15) is 15.4 Å². The fourth-order valence-electron chi connectivity index (χ4n) is 1.85. The number of benzene rings is 1. The summed E-state index contributed by atoms with van der Waals surface area (Å²) in [5.74, 6) is 0.913. The van der Waals surface area contributed by atoms with Crippen molar-refractivity contribution in [2.45, 2.75) is 20.4 Å². The molecular formula is C13H15BrN2OS. The highest BCUT2D eigenvalue weighted by Gasteiger charge is 2.14. The van der Waals surface area contributed by atoms with E-state index in [1.165, 1.54) is 11.1 Å². The van der Waals surface area contributed by atoms with E-state index in [1.54, 1.807) is 18.4 Å². The molecule has 1 aromatic carbocycles. The molecule has 3 nitrogen and oxygen atoms in total.